The van der Waals surface area contributed by atoms with Crippen molar-refractivity contribution < 1.29 is 4.79 Å². The summed E-state index contributed by atoms with van der Waals surface area (Å²) in [4.78, 5) is 30.3. The molecule has 0 unspecified atom stereocenters. The Labute approximate surface area is 125 Å². The molecular weight excluding hydrogens is 322 g/mol. The Morgan fingerprint density at radius 3 is 2.70 bits per heavy atom. The Hall–Kier alpha value is -1.69. The molecule has 2 rings (SSSR count). The van der Waals surface area contributed by atoms with E-state index in [4.69, 9.17) is 0 Å². The molecule has 5 nitrogen and oxygen atoms in total. The van der Waals surface area contributed by atoms with Gasteiger partial charge in [-0.25, -0.2) is 4.98 Å². The van der Waals surface area contributed by atoms with E-state index in [0.717, 1.165) is 4.47 Å². The quantitative estimate of drug-likeness (QED) is 0.857. The van der Waals surface area contributed by atoms with E-state index in [2.05, 4.69) is 20.9 Å². The number of carbonyl (C=O) groups is 1. The van der Waals surface area contributed by atoms with Crippen molar-refractivity contribution in [3.63, 3.8) is 0 Å². The predicted octanol–water partition coefficient (Wildman–Crippen LogP) is 2.03. The molecule has 1 amide bonds. The number of amides is 1. The van der Waals surface area contributed by atoms with Crippen LogP contribution in [-0.2, 0) is 11.3 Å². The van der Waals surface area contributed by atoms with E-state index in [9.17, 15) is 9.59 Å². The van der Waals surface area contributed by atoms with Crippen molar-refractivity contribution in [2.75, 3.05) is 13.1 Å². The van der Waals surface area contributed by atoms with Gasteiger partial charge in [-0.2, -0.15) is 0 Å². The fraction of sp³-hybridized carbons (Fsp3) is 0.357. The van der Waals surface area contributed by atoms with Crippen molar-refractivity contribution in [3.8, 4) is 0 Å². The van der Waals surface area contributed by atoms with E-state index in [1.54, 1.807) is 23.1 Å². The van der Waals surface area contributed by atoms with Gasteiger partial charge in [0.05, 0.1) is 17.2 Å². The summed E-state index contributed by atoms with van der Waals surface area (Å²) in [6.07, 6.45) is 1.43. The standard InChI is InChI=1S/C14H16BrN3O2/c1-3-17(4-2)13(19)8-18-9-16-12-7-10(15)5-6-11(12)14(18)20/h5-7,9H,3-4,8H2,1-2H3. The molecule has 0 radical (unpaired) electrons. The lowest BCUT2D eigenvalue weighted by Crippen LogP contribution is -2.36. The second-order valence-corrected chi connectivity index (χ2v) is 5.32. The molecule has 0 aliphatic rings. The number of hydrogen-bond acceptors (Lipinski definition) is 3. The van der Waals surface area contributed by atoms with E-state index in [1.807, 2.05) is 13.8 Å². The molecule has 0 bridgehead atoms. The lowest BCUT2D eigenvalue weighted by Gasteiger charge is -2.19. The molecule has 20 heavy (non-hydrogen) atoms. The molecule has 1 aromatic carbocycles. The minimum Gasteiger partial charge on any atom is -0.342 e. The van der Waals surface area contributed by atoms with Crippen molar-refractivity contribution in [1.82, 2.24) is 14.5 Å². The van der Waals surface area contributed by atoms with Crippen LogP contribution in [-0.4, -0.2) is 33.4 Å². The SMILES string of the molecule is CCN(CC)C(=O)Cn1cnc2cc(Br)ccc2c1=O. The Bertz CT molecular complexity index is 692. The first-order valence-electron chi connectivity index (χ1n) is 6.49. The molecule has 2 aromatic rings. The highest BCUT2D eigenvalue weighted by Crippen LogP contribution is 2.14. The van der Waals surface area contributed by atoms with E-state index < -0.39 is 0 Å². The summed E-state index contributed by atoms with van der Waals surface area (Å²) in [5.74, 6) is -0.0737. The molecule has 0 saturated heterocycles. The third kappa shape index (κ3) is 2.90. The predicted molar refractivity (Wildman–Crippen MR) is 81.6 cm³/mol. The van der Waals surface area contributed by atoms with Gasteiger partial charge in [0.25, 0.3) is 5.56 Å². The highest BCUT2D eigenvalue weighted by molar-refractivity contribution is 9.10. The number of hydrogen-bond donors (Lipinski definition) is 0. The monoisotopic (exact) mass is 337 g/mol. The first-order chi connectivity index (χ1) is 9.56. The maximum Gasteiger partial charge on any atom is 0.261 e. The Morgan fingerprint density at radius 2 is 2.05 bits per heavy atom. The molecule has 0 spiro atoms. The van der Waals surface area contributed by atoms with Crippen molar-refractivity contribution in [2.45, 2.75) is 20.4 Å². The van der Waals surface area contributed by atoms with Crippen LogP contribution in [0.5, 0.6) is 0 Å². The summed E-state index contributed by atoms with van der Waals surface area (Å²) in [6.45, 7) is 5.14. The van der Waals surface area contributed by atoms with E-state index in [0.29, 0.717) is 24.0 Å². The van der Waals surface area contributed by atoms with Gasteiger partial charge in [0.1, 0.15) is 6.54 Å². The van der Waals surface area contributed by atoms with Gasteiger partial charge in [-0.05, 0) is 32.0 Å². The van der Waals surface area contributed by atoms with Gasteiger partial charge in [0.15, 0.2) is 0 Å². The van der Waals surface area contributed by atoms with Gasteiger partial charge in [-0.3, -0.25) is 14.2 Å². The van der Waals surface area contributed by atoms with Crippen LogP contribution in [0.1, 0.15) is 13.8 Å². The average molecular weight is 338 g/mol. The van der Waals surface area contributed by atoms with Gasteiger partial charge in [0.2, 0.25) is 5.91 Å². The Morgan fingerprint density at radius 1 is 1.35 bits per heavy atom. The zero-order valence-electron chi connectivity index (χ0n) is 11.5. The number of likely N-dealkylation sites (N-methyl/N-ethyl adjacent to an activating group) is 1. The largest absolute Gasteiger partial charge is 0.342 e. The molecule has 0 aliphatic carbocycles. The molecule has 0 N–H and O–H groups in total. The zero-order valence-corrected chi connectivity index (χ0v) is 13.1. The summed E-state index contributed by atoms with van der Waals surface area (Å²) in [6, 6.07) is 5.29. The smallest absolute Gasteiger partial charge is 0.261 e. The molecule has 106 valence electrons. The van der Waals surface area contributed by atoms with Gasteiger partial charge in [-0.1, -0.05) is 15.9 Å². The van der Waals surface area contributed by atoms with Crippen LogP contribution in [0.3, 0.4) is 0 Å². The number of carbonyl (C=O) groups excluding carboxylic acids is 1. The van der Waals surface area contributed by atoms with Gasteiger partial charge >= 0.3 is 0 Å². The number of rotatable bonds is 4. The number of halogens is 1. The highest BCUT2D eigenvalue weighted by atomic mass is 79.9. The molecule has 1 heterocycles. The van der Waals surface area contributed by atoms with Crippen molar-refractivity contribution in [2.24, 2.45) is 0 Å². The molecule has 0 atom stereocenters. The van der Waals surface area contributed by atoms with E-state index in [1.165, 1.54) is 10.9 Å². The minimum atomic E-state index is -0.192. The van der Waals surface area contributed by atoms with Crippen LogP contribution < -0.4 is 5.56 Å². The van der Waals surface area contributed by atoms with Crippen LogP contribution >= 0.6 is 15.9 Å². The minimum absolute atomic E-state index is 0.0273. The van der Waals surface area contributed by atoms with Crippen LogP contribution in [0, 0.1) is 0 Å². The van der Waals surface area contributed by atoms with Crippen molar-refractivity contribution in [1.29, 1.82) is 0 Å². The lowest BCUT2D eigenvalue weighted by molar-refractivity contribution is -0.131. The summed E-state index contributed by atoms with van der Waals surface area (Å²) in [5, 5.41) is 0.517. The zero-order chi connectivity index (χ0) is 14.7. The van der Waals surface area contributed by atoms with E-state index >= 15 is 0 Å². The fourth-order valence-electron chi connectivity index (χ4n) is 2.07. The first-order valence-corrected chi connectivity index (χ1v) is 7.28. The van der Waals surface area contributed by atoms with Crippen molar-refractivity contribution in [3.05, 3.63) is 39.4 Å². The van der Waals surface area contributed by atoms with Crippen LogP contribution in [0.25, 0.3) is 10.9 Å². The van der Waals surface area contributed by atoms with E-state index in [-0.39, 0.29) is 18.0 Å². The Kier molecular flexibility index (Phi) is 4.54. The fourth-order valence-corrected chi connectivity index (χ4v) is 2.42. The van der Waals surface area contributed by atoms with Crippen LogP contribution in [0.4, 0.5) is 0 Å². The number of benzene rings is 1. The second kappa shape index (κ2) is 6.17. The Balaban J connectivity index is 2.37. The summed E-state index contributed by atoms with van der Waals surface area (Å²) in [7, 11) is 0. The molecule has 0 fully saturated rings. The average Bonchev–Trinajstić information content (AvgIpc) is 2.43. The number of fused-ring (bicyclic) bond motifs is 1. The van der Waals surface area contributed by atoms with Gasteiger partial charge in [0, 0.05) is 17.6 Å². The maximum atomic E-state index is 12.3. The molecule has 1 aromatic heterocycles. The summed E-state index contributed by atoms with van der Waals surface area (Å²) < 4.78 is 2.23. The topological polar surface area (TPSA) is 55.2 Å². The second-order valence-electron chi connectivity index (χ2n) is 4.41. The normalized spacial score (nSPS) is 10.8. The third-order valence-electron chi connectivity index (χ3n) is 3.21. The molecule has 0 aliphatic heterocycles. The lowest BCUT2D eigenvalue weighted by atomic mass is 10.2. The number of aromatic nitrogens is 2. The van der Waals surface area contributed by atoms with Gasteiger partial charge < -0.3 is 4.90 Å². The molecular formula is C14H16BrN3O2. The first kappa shape index (κ1) is 14.7. The van der Waals surface area contributed by atoms with Gasteiger partial charge in [-0.15, -0.1) is 0 Å². The molecule has 6 heteroatoms. The molecule has 0 saturated carbocycles. The highest BCUT2D eigenvalue weighted by Gasteiger charge is 2.12. The maximum absolute atomic E-state index is 12.3. The van der Waals surface area contributed by atoms with Crippen molar-refractivity contribution >= 4 is 32.7 Å². The van der Waals surface area contributed by atoms with Crippen LogP contribution in [0.2, 0.25) is 0 Å². The summed E-state index contributed by atoms with van der Waals surface area (Å²) in [5.41, 5.74) is 0.430. The number of nitrogens with zero attached hydrogens (tertiary/aromatic N) is 3. The summed E-state index contributed by atoms with van der Waals surface area (Å²) >= 11 is 3.34. The van der Waals surface area contributed by atoms with Crippen LogP contribution in [0.15, 0.2) is 33.8 Å². The third-order valence-corrected chi connectivity index (χ3v) is 3.70.